The van der Waals surface area contributed by atoms with Crippen LogP contribution in [0.15, 0.2) is 18.2 Å². The van der Waals surface area contributed by atoms with Gasteiger partial charge in [-0.25, -0.2) is 0 Å². The topological polar surface area (TPSA) is 55.1 Å². The average Bonchev–Trinajstić information content (AvgIpc) is 2.28. The summed E-state index contributed by atoms with van der Waals surface area (Å²) in [5.41, 5.74) is 4.54. The number of nitrogens with one attached hydrogen (secondary N) is 1. The number of anilines is 1. The molecule has 3 N–H and O–H groups in total. The van der Waals surface area contributed by atoms with Gasteiger partial charge in [0, 0.05) is 13.0 Å². The maximum atomic E-state index is 12.7. The molecular formula is C11H13F3N2O. The summed E-state index contributed by atoms with van der Waals surface area (Å²) < 4.78 is 38.2. The molecule has 6 heteroatoms. The Kier molecular flexibility index (Phi) is 4.11. The number of halogens is 3. The Morgan fingerprint density at radius 2 is 2.06 bits per heavy atom. The molecule has 1 aromatic carbocycles. The Balaban J connectivity index is 3.16. The second kappa shape index (κ2) is 5.18. The summed E-state index contributed by atoms with van der Waals surface area (Å²) in [6, 6.07) is 3.63. The van der Waals surface area contributed by atoms with Crippen LogP contribution in [0.2, 0.25) is 0 Å². The minimum Gasteiger partial charge on any atom is -0.326 e. The van der Waals surface area contributed by atoms with Crippen molar-refractivity contribution in [1.29, 1.82) is 0 Å². The molecule has 17 heavy (non-hydrogen) atoms. The number of amides is 1. The van der Waals surface area contributed by atoms with Crippen molar-refractivity contribution in [2.75, 3.05) is 5.32 Å². The van der Waals surface area contributed by atoms with E-state index in [0.717, 1.165) is 6.07 Å². The van der Waals surface area contributed by atoms with Gasteiger partial charge >= 0.3 is 6.18 Å². The van der Waals surface area contributed by atoms with Crippen LogP contribution < -0.4 is 11.1 Å². The van der Waals surface area contributed by atoms with Crippen LogP contribution in [0.25, 0.3) is 0 Å². The number of nitrogens with two attached hydrogens (primary N) is 1. The van der Waals surface area contributed by atoms with Crippen molar-refractivity contribution in [3.63, 3.8) is 0 Å². The first-order chi connectivity index (χ1) is 7.88. The first kappa shape index (κ1) is 13.5. The van der Waals surface area contributed by atoms with Crippen molar-refractivity contribution in [2.24, 2.45) is 5.73 Å². The zero-order chi connectivity index (χ0) is 13.1. The van der Waals surface area contributed by atoms with Crippen LogP contribution in [0.4, 0.5) is 18.9 Å². The predicted octanol–water partition coefficient (Wildman–Crippen LogP) is 2.51. The van der Waals surface area contributed by atoms with E-state index in [4.69, 9.17) is 5.73 Å². The van der Waals surface area contributed by atoms with Gasteiger partial charge in [-0.15, -0.1) is 0 Å². The highest BCUT2D eigenvalue weighted by molar-refractivity contribution is 5.91. The lowest BCUT2D eigenvalue weighted by Gasteiger charge is -2.14. The molecule has 0 saturated heterocycles. The molecule has 0 bridgehead atoms. The molecule has 0 radical (unpaired) electrons. The lowest BCUT2D eigenvalue weighted by molar-refractivity contribution is -0.137. The smallest absolute Gasteiger partial charge is 0.326 e. The normalized spacial score (nSPS) is 11.4. The summed E-state index contributed by atoms with van der Waals surface area (Å²) in [5.74, 6) is -0.462. The van der Waals surface area contributed by atoms with Crippen LogP contribution in [0.5, 0.6) is 0 Å². The van der Waals surface area contributed by atoms with Gasteiger partial charge in [0.15, 0.2) is 0 Å². The van der Waals surface area contributed by atoms with E-state index < -0.39 is 17.6 Å². The van der Waals surface area contributed by atoms with Gasteiger partial charge < -0.3 is 11.1 Å². The van der Waals surface area contributed by atoms with E-state index in [1.165, 1.54) is 12.1 Å². The van der Waals surface area contributed by atoms with Gasteiger partial charge in [-0.05, 0) is 17.7 Å². The zero-order valence-corrected chi connectivity index (χ0v) is 9.27. The Bertz CT molecular complexity index is 416. The monoisotopic (exact) mass is 246 g/mol. The van der Waals surface area contributed by atoms with Crippen molar-refractivity contribution in [3.05, 3.63) is 29.3 Å². The van der Waals surface area contributed by atoms with Crippen LogP contribution in [-0.4, -0.2) is 5.91 Å². The van der Waals surface area contributed by atoms with Gasteiger partial charge in [-0.1, -0.05) is 13.0 Å². The molecule has 0 saturated carbocycles. The number of alkyl halides is 3. The fourth-order valence-corrected chi connectivity index (χ4v) is 1.30. The third kappa shape index (κ3) is 3.45. The maximum absolute atomic E-state index is 12.7. The van der Waals surface area contributed by atoms with E-state index in [-0.39, 0.29) is 18.7 Å². The van der Waals surface area contributed by atoms with Crippen LogP contribution in [0.3, 0.4) is 0 Å². The van der Waals surface area contributed by atoms with Crippen LogP contribution >= 0.6 is 0 Å². The van der Waals surface area contributed by atoms with Gasteiger partial charge in [0.1, 0.15) is 0 Å². The Labute approximate surface area is 96.8 Å². The Morgan fingerprint density at radius 1 is 1.41 bits per heavy atom. The van der Waals surface area contributed by atoms with E-state index in [1.54, 1.807) is 6.92 Å². The van der Waals surface area contributed by atoms with E-state index >= 15 is 0 Å². The van der Waals surface area contributed by atoms with Gasteiger partial charge in [0.25, 0.3) is 0 Å². The minimum atomic E-state index is -4.51. The molecule has 0 fully saturated rings. The molecule has 1 rings (SSSR count). The van der Waals surface area contributed by atoms with E-state index in [1.807, 2.05) is 0 Å². The van der Waals surface area contributed by atoms with Crippen molar-refractivity contribution in [2.45, 2.75) is 26.1 Å². The molecule has 94 valence electrons. The van der Waals surface area contributed by atoms with Gasteiger partial charge in [-0.2, -0.15) is 13.2 Å². The highest BCUT2D eigenvalue weighted by Gasteiger charge is 2.34. The second-order valence-corrected chi connectivity index (χ2v) is 3.48. The molecule has 1 aromatic rings. The molecular weight excluding hydrogens is 233 g/mol. The quantitative estimate of drug-likeness (QED) is 0.861. The summed E-state index contributed by atoms with van der Waals surface area (Å²) in [7, 11) is 0. The van der Waals surface area contributed by atoms with E-state index in [9.17, 15) is 18.0 Å². The number of carbonyl (C=O) groups excluding carboxylic acids is 1. The van der Waals surface area contributed by atoms with Crippen molar-refractivity contribution in [1.82, 2.24) is 0 Å². The molecule has 0 spiro atoms. The lowest BCUT2D eigenvalue weighted by Crippen LogP contribution is -2.16. The highest BCUT2D eigenvalue weighted by Crippen LogP contribution is 2.35. The first-order valence-electron chi connectivity index (χ1n) is 5.08. The lowest BCUT2D eigenvalue weighted by atomic mass is 10.1. The van der Waals surface area contributed by atoms with Gasteiger partial charge in [0.05, 0.1) is 11.3 Å². The molecule has 0 heterocycles. The standard InChI is InChI=1S/C11H13F3N2O/c1-2-10(17)16-9-4-3-7(6-15)5-8(9)11(12,13)14/h3-5H,2,6,15H2,1H3,(H,16,17). The maximum Gasteiger partial charge on any atom is 0.418 e. The van der Waals surface area contributed by atoms with E-state index in [2.05, 4.69) is 5.32 Å². The summed E-state index contributed by atoms with van der Waals surface area (Å²) in [4.78, 5) is 11.1. The molecule has 0 aliphatic heterocycles. The second-order valence-electron chi connectivity index (χ2n) is 3.48. The van der Waals surface area contributed by atoms with Crippen LogP contribution in [-0.2, 0) is 17.5 Å². The summed E-state index contributed by atoms with van der Waals surface area (Å²) in [6.45, 7) is 1.59. The number of hydrogen-bond donors (Lipinski definition) is 2. The van der Waals surface area contributed by atoms with Crippen molar-refractivity contribution < 1.29 is 18.0 Å². The first-order valence-corrected chi connectivity index (χ1v) is 5.08. The van der Waals surface area contributed by atoms with Crippen LogP contribution in [0, 0.1) is 0 Å². The SMILES string of the molecule is CCC(=O)Nc1ccc(CN)cc1C(F)(F)F. The number of benzene rings is 1. The molecule has 0 aliphatic rings. The number of rotatable bonds is 3. The molecule has 0 aromatic heterocycles. The van der Waals surface area contributed by atoms with Crippen molar-refractivity contribution >= 4 is 11.6 Å². The number of carbonyl (C=O) groups is 1. The molecule has 0 aliphatic carbocycles. The van der Waals surface area contributed by atoms with Gasteiger partial charge in [0.2, 0.25) is 5.91 Å². The zero-order valence-electron chi connectivity index (χ0n) is 9.27. The average molecular weight is 246 g/mol. The molecule has 0 unspecified atom stereocenters. The minimum absolute atomic E-state index is 0.0189. The van der Waals surface area contributed by atoms with Crippen LogP contribution in [0.1, 0.15) is 24.5 Å². The highest BCUT2D eigenvalue weighted by atomic mass is 19.4. The van der Waals surface area contributed by atoms with Gasteiger partial charge in [-0.3, -0.25) is 4.79 Å². The third-order valence-corrected chi connectivity index (χ3v) is 2.22. The molecule has 3 nitrogen and oxygen atoms in total. The summed E-state index contributed by atoms with van der Waals surface area (Å²) in [5, 5.41) is 2.22. The van der Waals surface area contributed by atoms with Crippen molar-refractivity contribution in [3.8, 4) is 0 Å². The molecule has 1 amide bonds. The predicted molar refractivity (Wildman–Crippen MR) is 58.3 cm³/mol. The summed E-state index contributed by atoms with van der Waals surface area (Å²) in [6.07, 6.45) is -4.39. The fraction of sp³-hybridized carbons (Fsp3) is 0.364. The largest absolute Gasteiger partial charge is 0.418 e. The molecule has 0 atom stereocenters. The Hall–Kier alpha value is -1.56. The fourth-order valence-electron chi connectivity index (χ4n) is 1.30. The summed E-state index contributed by atoms with van der Waals surface area (Å²) >= 11 is 0. The third-order valence-electron chi connectivity index (χ3n) is 2.22. The number of hydrogen-bond acceptors (Lipinski definition) is 2. The Morgan fingerprint density at radius 3 is 2.53 bits per heavy atom. The van der Waals surface area contributed by atoms with E-state index in [0.29, 0.717) is 5.56 Å².